The fourth-order valence-corrected chi connectivity index (χ4v) is 2.90. The molecule has 2 N–H and O–H groups in total. The van der Waals surface area contributed by atoms with Gasteiger partial charge in [0.25, 0.3) is 0 Å². The fraction of sp³-hybridized carbons (Fsp3) is 0.357. The van der Waals surface area contributed by atoms with Crippen molar-refractivity contribution in [2.75, 3.05) is 0 Å². The molecule has 18 heavy (non-hydrogen) atoms. The van der Waals surface area contributed by atoms with Gasteiger partial charge in [-0.1, -0.05) is 26.0 Å². The van der Waals surface area contributed by atoms with Crippen LogP contribution in [0.4, 0.5) is 4.39 Å². The van der Waals surface area contributed by atoms with E-state index in [0.717, 1.165) is 21.1 Å². The number of hydrogen-bond donors (Lipinski definition) is 1. The number of benzene rings is 1. The van der Waals surface area contributed by atoms with Crippen LogP contribution in [0.3, 0.4) is 0 Å². The van der Waals surface area contributed by atoms with E-state index >= 15 is 0 Å². The van der Waals surface area contributed by atoms with E-state index < -0.39 is 0 Å². The molecule has 0 aliphatic heterocycles. The number of nitrogens with zero attached hydrogens (tertiary/aromatic N) is 1. The Labute approximate surface area is 111 Å². The molecule has 0 bridgehead atoms. The summed E-state index contributed by atoms with van der Waals surface area (Å²) in [4.78, 5) is 5.68. The first-order chi connectivity index (χ1) is 8.52. The molecule has 1 aromatic carbocycles. The molecule has 0 amide bonds. The van der Waals surface area contributed by atoms with E-state index in [4.69, 9.17) is 5.73 Å². The van der Waals surface area contributed by atoms with Crippen LogP contribution in [0.15, 0.2) is 18.2 Å². The van der Waals surface area contributed by atoms with Crippen LogP contribution in [0.5, 0.6) is 0 Å². The maximum Gasteiger partial charge on any atom is 0.126 e. The highest BCUT2D eigenvalue weighted by Crippen LogP contribution is 2.32. The molecule has 0 unspecified atom stereocenters. The Hall–Kier alpha value is -1.26. The van der Waals surface area contributed by atoms with Crippen LogP contribution in [0.25, 0.3) is 10.6 Å². The zero-order valence-electron chi connectivity index (χ0n) is 10.8. The summed E-state index contributed by atoms with van der Waals surface area (Å²) in [5.74, 6) is 0.145. The summed E-state index contributed by atoms with van der Waals surface area (Å²) >= 11 is 1.55. The van der Waals surface area contributed by atoms with Crippen LogP contribution in [0.1, 0.15) is 35.9 Å². The quantitative estimate of drug-likeness (QED) is 0.914. The van der Waals surface area contributed by atoms with Gasteiger partial charge in [0.15, 0.2) is 0 Å². The lowest BCUT2D eigenvalue weighted by molar-refractivity contribution is 0.619. The molecule has 0 atom stereocenters. The van der Waals surface area contributed by atoms with Gasteiger partial charge in [0.05, 0.1) is 5.69 Å². The Morgan fingerprint density at radius 3 is 2.61 bits per heavy atom. The average molecular weight is 264 g/mol. The summed E-state index contributed by atoms with van der Waals surface area (Å²) in [6, 6.07) is 5.23. The summed E-state index contributed by atoms with van der Waals surface area (Å²) in [6.45, 7) is 6.42. The third-order valence-electron chi connectivity index (χ3n) is 2.88. The van der Waals surface area contributed by atoms with Crippen molar-refractivity contribution in [2.24, 2.45) is 5.73 Å². The molecule has 0 aliphatic rings. The molecule has 0 radical (unpaired) electrons. The van der Waals surface area contributed by atoms with Gasteiger partial charge < -0.3 is 5.73 Å². The van der Waals surface area contributed by atoms with E-state index in [0.29, 0.717) is 18.0 Å². The van der Waals surface area contributed by atoms with Gasteiger partial charge in [0.2, 0.25) is 0 Å². The van der Waals surface area contributed by atoms with E-state index in [1.807, 2.05) is 6.07 Å². The number of thiazole rings is 1. The van der Waals surface area contributed by atoms with E-state index in [9.17, 15) is 4.39 Å². The monoisotopic (exact) mass is 264 g/mol. The van der Waals surface area contributed by atoms with E-state index in [-0.39, 0.29) is 5.82 Å². The zero-order chi connectivity index (χ0) is 13.3. The van der Waals surface area contributed by atoms with Crippen molar-refractivity contribution in [3.8, 4) is 10.6 Å². The molecule has 2 nitrogen and oxygen atoms in total. The fourth-order valence-electron chi connectivity index (χ4n) is 1.81. The van der Waals surface area contributed by atoms with Crippen molar-refractivity contribution < 1.29 is 4.39 Å². The zero-order valence-corrected chi connectivity index (χ0v) is 11.6. The third-order valence-corrected chi connectivity index (χ3v) is 4.02. The van der Waals surface area contributed by atoms with E-state index in [1.165, 1.54) is 0 Å². The molecule has 96 valence electrons. The highest BCUT2D eigenvalue weighted by molar-refractivity contribution is 7.15. The van der Waals surface area contributed by atoms with Gasteiger partial charge in [-0.15, -0.1) is 11.3 Å². The predicted molar refractivity (Wildman–Crippen MR) is 74.2 cm³/mol. The summed E-state index contributed by atoms with van der Waals surface area (Å²) in [5, 5.41) is 0.845. The molecule has 1 heterocycles. The largest absolute Gasteiger partial charge is 0.326 e. The molecule has 0 saturated heterocycles. The van der Waals surface area contributed by atoms with Crippen LogP contribution >= 0.6 is 11.3 Å². The number of aryl methyl sites for hydroxylation is 1. The molecule has 0 fully saturated rings. The first-order valence-electron chi connectivity index (χ1n) is 5.99. The molecule has 0 spiro atoms. The van der Waals surface area contributed by atoms with E-state index in [1.54, 1.807) is 30.4 Å². The van der Waals surface area contributed by atoms with Crippen LogP contribution in [0.2, 0.25) is 0 Å². The minimum atomic E-state index is -0.192. The summed E-state index contributed by atoms with van der Waals surface area (Å²) in [6.07, 6.45) is 0. The van der Waals surface area contributed by atoms with Gasteiger partial charge in [0, 0.05) is 17.0 Å². The van der Waals surface area contributed by atoms with Gasteiger partial charge in [-0.2, -0.15) is 0 Å². The van der Waals surface area contributed by atoms with E-state index in [2.05, 4.69) is 18.8 Å². The van der Waals surface area contributed by atoms with Crippen molar-refractivity contribution in [2.45, 2.75) is 33.2 Å². The SMILES string of the molecule is Cc1ccc(-c2nc(C(C)C)c(CN)s2)cc1F. The maximum absolute atomic E-state index is 13.6. The summed E-state index contributed by atoms with van der Waals surface area (Å²) < 4.78 is 13.6. The Bertz CT molecular complexity index is 561. The number of aromatic nitrogens is 1. The summed E-state index contributed by atoms with van der Waals surface area (Å²) in [5.41, 5.74) is 8.23. The third kappa shape index (κ3) is 2.44. The number of nitrogens with two attached hydrogens (primary N) is 1. The van der Waals surface area contributed by atoms with Crippen LogP contribution in [0, 0.1) is 12.7 Å². The second kappa shape index (κ2) is 5.16. The molecule has 0 aliphatic carbocycles. The first-order valence-corrected chi connectivity index (χ1v) is 6.80. The number of halogens is 1. The second-order valence-electron chi connectivity index (χ2n) is 4.65. The normalized spacial score (nSPS) is 11.2. The smallest absolute Gasteiger partial charge is 0.126 e. The van der Waals surface area contributed by atoms with Gasteiger partial charge in [-0.25, -0.2) is 9.37 Å². The predicted octanol–water partition coefficient (Wildman–Crippen LogP) is 3.84. The molecular formula is C14H17FN2S. The molecule has 1 aromatic heterocycles. The van der Waals surface area contributed by atoms with Crippen LogP contribution < -0.4 is 5.73 Å². The topological polar surface area (TPSA) is 38.9 Å². The van der Waals surface area contributed by atoms with Crippen molar-refractivity contribution in [1.82, 2.24) is 4.98 Å². The van der Waals surface area contributed by atoms with Crippen molar-refractivity contribution in [1.29, 1.82) is 0 Å². The Kier molecular flexibility index (Phi) is 3.78. The van der Waals surface area contributed by atoms with Gasteiger partial charge >= 0.3 is 0 Å². The molecule has 0 saturated carbocycles. The van der Waals surface area contributed by atoms with Crippen molar-refractivity contribution in [3.05, 3.63) is 40.2 Å². The maximum atomic E-state index is 13.6. The lowest BCUT2D eigenvalue weighted by Gasteiger charge is -2.02. The van der Waals surface area contributed by atoms with Gasteiger partial charge in [0.1, 0.15) is 10.8 Å². The standard InChI is InChI=1S/C14H17FN2S/c1-8(2)13-12(7-16)18-14(17-13)10-5-4-9(3)11(15)6-10/h4-6,8H,7,16H2,1-3H3. The van der Waals surface area contributed by atoms with Gasteiger partial charge in [-0.05, 0) is 24.5 Å². The Balaban J connectivity index is 2.47. The Morgan fingerprint density at radius 2 is 2.11 bits per heavy atom. The van der Waals surface area contributed by atoms with Crippen LogP contribution in [-0.4, -0.2) is 4.98 Å². The van der Waals surface area contributed by atoms with Crippen molar-refractivity contribution >= 4 is 11.3 Å². The minimum Gasteiger partial charge on any atom is -0.326 e. The molecule has 2 aromatic rings. The second-order valence-corrected chi connectivity index (χ2v) is 5.73. The highest BCUT2D eigenvalue weighted by atomic mass is 32.1. The molecule has 4 heteroatoms. The minimum absolute atomic E-state index is 0.192. The average Bonchev–Trinajstić information content (AvgIpc) is 2.77. The van der Waals surface area contributed by atoms with Gasteiger partial charge in [-0.3, -0.25) is 0 Å². The molecule has 2 rings (SSSR count). The number of hydrogen-bond acceptors (Lipinski definition) is 3. The highest BCUT2D eigenvalue weighted by Gasteiger charge is 2.14. The lowest BCUT2D eigenvalue weighted by atomic mass is 10.1. The summed E-state index contributed by atoms with van der Waals surface area (Å²) in [7, 11) is 0. The van der Waals surface area contributed by atoms with Crippen molar-refractivity contribution in [3.63, 3.8) is 0 Å². The number of rotatable bonds is 3. The molecular weight excluding hydrogens is 247 g/mol. The first kappa shape index (κ1) is 13.2. The van der Waals surface area contributed by atoms with Crippen LogP contribution in [-0.2, 0) is 6.54 Å². The Morgan fingerprint density at radius 1 is 1.39 bits per heavy atom. The lowest BCUT2D eigenvalue weighted by Crippen LogP contribution is -1.99.